The van der Waals surface area contributed by atoms with Gasteiger partial charge in [-0.15, -0.1) is 5.92 Å². The van der Waals surface area contributed by atoms with Gasteiger partial charge in [0.25, 0.3) is 0 Å². The lowest BCUT2D eigenvalue weighted by Gasteiger charge is -2.18. The lowest BCUT2D eigenvalue weighted by Crippen LogP contribution is -2.14. The first-order chi connectivity index (χ1) is 16.1. The monoisotopic (exact) mass is 460 g/mol. The molecule has 0 atom stereocenters. The molecule has 2 heterocycles. The highest BCUT2D eigenvalue weighted by atomic mass is 32.2. The molecule has 8 heteroatoms. The van der Waals surface area contributed by atoms with Gasteiger partial charge in [0.05, 0.1) is 11.3 Å². The van der Waals surface area contributed by atoms with Crippen LogP contribution in [0.2, 0.25) is 0 Å². The Labute approximate surface area is 199 Å². The fourth-order valence-corrected chi connectivity index (χ4v) is 3.88. The minimum atomic E-state index is 0.0950. The zero-order chi connectivity index (χ0) is 24.2. The second kappa shape index (κ2) is 12.9. The van der Waals surface area contributed by atoms with E-state index in [2.05, 4.69) is 38.5 Å². The molecule has 2 aromatic heterocycles. The number of carbonyl (C=O) groups is 1. The lowest BCUT2D eigenvalue weighted by atomic mass is 9.96. The van der Waals surface area contributed by atoms with E-state index in [0.717, 1.165) is 22.0 Å². The van der Waals surface area contributed by atoms with Gasteiger partial charge in [0.15, 0.2) is 0 Å². The van der Waals surface area contributed by atoms with Crippen LogP contribution in [-0.4, -0.2) is 27.4 Å². The Morgan fingerprint density at radius 3 is 2.48 bits per heavy atom. The first kappa shape index (κ1) is 25.5. The maximum atomic E-state index is 10.7. The van der Waals surface area contributed by atoms with E-state index in [-0.39, 0.29) is 6.04 Å². The third-order valence-corrected chi connectivity index (χ3v) is 5.24. The first-order valence-corrected chi connectivity index (χ1v) is 11.6. The number of pyridine rings is 1. The van der Waals surface area contributed by atoms with Crippen LogP contribution in [0.1, 0.15) is 51.6 Å². The van der Waals surface area contributed by atoms with Gasteiger partial charge in [-0.05, 0) is 38.5 Å². The highest BCUT2D eigenvalue weighted by molar-refractivity contribution is 7.98. The topological polar surface area (TPSA) is 106 Å². The summed E-state index contributed by atoms with van der Waals surface area (Å²) in [5.41, 5.74) is 3.34. The molecule has 170 valence electrons. The summed E-state index contributed by atoms with van der Waals surface area (Å²) in [6, 6.07) is 9.72. The van der Waals surface area contributed by atoms with Gasteiger partial charge in [-0.25, -0.2) is 9.97 Å². The summed E-state index contributed by atoms with van der Waals surface area (Å²) >= 11 is 1.51. The maximum absolute atomic E-state index is 10.7. The van der Waals surface area contributed by atoms with Crippen molar-refractivity contribution in [3.8, 4) is 29.0 Å². The number of hydrogen-bond acceptors (Lipinski definition) is 6. The summed E-state index contributed by atoms with van der Waals surface area (Å²) in [4.78, 5) is 22.9. The summed E-state index contributed by atoms with van der Waals surface area (Å²) < 4.78 is 0. The highest BCUT2D eigenvalue weighted by Gasteiger charge is 2.21. The Morgan fingerprint density at radius 1 is 1.21 bits per heavy atom. The standard InChI is InChI=1S/C23H22N6OS.C2H6/c1-4-5-18-21(16-6-8-17(9-7-16)27-14-30)19(12-24)22(28-15(2)3)29-23(18)31-13-20-25-10-11-26-20;1-2/h6-11,14-15H,13H2,1-3H3,(H,25,26)(H,27,30)(H,28,29);1-2H3. The predicted octanol–water partition coefficient (Wildman–Crippen LogP) is 5.42. The number of amides is 1. The number of benzene rings is 1. The lowest BCUT2D eigenvalue weighted by molar-refractivity contribution is -0.105. The van der Waals surface area contributed by atoms with Crippen LogP contribution in [0.3, 0.4) is 0 Å². The number of H-pyrrole nitrogens is 1. The molecule has 0 spiro atoms. The molecule has 3 aromatic rings. The van der Waals surface area contributed by atoms with Gasteiger partial charge in [-0.2, -0.15) is 5.26 Å². The second-order valence-corrected chi connectivity index (χ2v) is 7.80. The predicted molar refractivity (Wildman–Crippen MR) is 135 cm³/mol. The third kappa shape index (κ3) is 6.61. The number of aromatic nitrogens is 3. The number of nitrogens with zero attached hydrogens (tertiary/aromatic N) is 3. The maximum Gasteiger partial charge on any atom is 0.211 e. The summed E-state index contributed by atoms with van der Waals surface area (Å²) in [7, 11) is 0. The molecule has 0 aliphatic carbocycles. The van der Waals surface area contributed by atoms with Crippen molar-refractivity contribution in [3.63, 3.8) is 0 Å². The molecule has 33 heavy (non-hydrogen) atoms. The molecule has 1 aromatic carbocycles. The van der Waals surface area contributed by atoms with Crippen LogP contribution in [0, 0.1) is 23.2 Å². The molecule has 0 aliphatic rings. The number of anilines is 2. The molecule has 0 saturated heterocycles. The molecule has 0 bridgehead atoms. The Bertz CT molecular complexity index is 1150. The van der Waals surface area contributed by atoms with E-state index in [9.17, 15) is 10.1 Å². The molecule has 3 N–H and O–H groups in total. The number of thioether (sulfide) groups is 1. The van der Waals surface area contributed by atoms with Crippen LogP contribution in [0.25, 0.3) is 11.1 Å². The molecular formula is C25H28N6OS. The van der Waals surface area contributed by atoms with Crippen LogP contribution >= 0.6 is 11.8 Å². The molecule has 0 saturated carbocycles. The normalized spacial score (nSPS) is 9.73. The number of carbonyl (C=O) groups excluding carboxylic acids is 1. The zero-order valence-corrected chi connectivity index (χ0v) is 20.3. The Balaban J connectivity index is 0.00000187. The number of rotatable bonds is 8. The Morgan fingerprint density at radius 2 is 1.94 bits per heavy atom. The molecule has 0 fully saturated rings. The van der Waals surface area contributed by atoms with Crippen LogP contribution in [0.4, 0.5) is 11.5 Å². The van der Waals surface area contributed by atoms with Crippen LogP contribution in [-0.2, 0) is 10.5 Å². The molecule has 0 aliphatic heterocycles. The first-order valence-electron chi connectivity index (χ1n) is 10.7. The zero-order valence-electron chi connectivity index (χ0n) is 19.5. The molecule has 1 amide bonds. The van der Waals surface area contributed by atoms with Crippen LogP contribution in [0.15, 0.2) is 41.7 Å². The van der Waals surface area contributed by atoms with E-state index in [4.69, 9.17) is 4.98 Å². The number of aromatic amines is 1. The van der Waals surface area contributed by atoms with Gasteiger partial charge in [-0.3, -0.25) is 4.79 Å². The van der Waals surface area contributed by atoms with Crippen molar-refractivity contribution < 1.29 is 4.79 Å². The van der Waals surface area contributed by atoms with E-state index in [0.29, 0.717) is 34.8 Å². The van der Waals surface area contributed by atoms with Crippen molar-refractivity contribution in [1.29, 1.82) is 5.26 Å². The van der Waals surface area contributed by atoms with Gasteiger partial charge in [0, 0.05) is 29.7 Å². The van der Waals surface area contributed by atoms with Gasteiger partial charge in [-0.1, -0.05) is 43.7 Å². The molecule has 3 rings (SSSR count). The van der Waals surface area contributed by atoms with Crippen molar-refractivity contribution in [2.24, 2.45) is 0 Å². The van der Waals surface area contributed by atoms with Crippen LogP contribution in [0.5, 0.6) is 0 Å². The van der Waals surface area contributed by atoms with Gasteiger partial charge in [0.1, 0.15) is 28.3 Å². The van der Waals surface area contributed by atoms with Crippen molar-refractivity contribution in [1.82, 2.24) is 15.0 Å². The molecule has 0 unspecified atom stereocenters. The van der Waals surface area contributed by atoms with Crippen molar-refractivity contribution in [2.45, 2.75) is 51.4 Å². The average molecular weight is 461 g/mol. The quantitative estimate of drug-likeness (QED) is 0.235. The van der Waals surface area contributed by atoms with Gasteiger partial charge >= 0.3 is 0 Å². The van der Waals surface area contributed by atoms with Gasteiger partial charge < -0.3 is 15.6 Å². The number of nitriles is 1. The fourth-order valence-electron chi connectivity index (χ4n) is 3.00. The van der Waals surface area contributed by atoms with Gasteiger partial charge in [0.2, 0.25) is 6.41 Å². The summed E-state index contributed by atoms with van der Waals surface area (Å²) in [5, 5.41) is 16.7. The molecule has 7 nitrogen and oxygen atoms in total. The second-order valence-electron chi connectivity index (χ2n) is 6.84. The van der Waals surface area contributed by atoms with E-state index in [1.54, 1.807) is 31.5 Å². The SMILES string of the molecule is CC.CC#Cc1c(SCc2ncc[nH]2)nc(NC(C)C)c(C#N)c1-c1ccc(NC=O)cc1. The smallest absolute Gasteiger partial charge is 0.211 e. The van der Waals surface area contributed by atoms with E-state index in [1.165, 1.54) is 11.8 Å². The largest absolute Gasteiger partial charge is 0.367 e. The summed E-state index contributed by atoms with van der Waals surface area (Å²) in [5.74, 6) is 8.05. The average Bonchev–Trinajstić information content (AvgIpc) is 3.34. The van der Waals surface area contributed by atoms with Crippen molar-refractivity contribution >= 4 is 29.7 Å². The molecular weight excluding hydrogens is 432 g/mol. The fraction of sp³-hybridized carbons (Fsp3) is 0.280. The van der Waals surface area contributed by atoms with Crippen molar-refractivity contribution in [2.75, 3.05) is 10.6 Å². The van der Waals surface area contributed by atoms with E-state index < -0.39 is 0 Å². The Kier molecular flexibility index (Phi) is 10.0. The Hall–Kier alpha value is -3.75. The summed E-state index contributed by atoms with van der Waals surface area (Å²) in [6.45, 7) is 9.75. The van der Waals surface area contributed by atoms with E-state index >= 15 is 0 Å². The minimum Gasteiger partial charge on any atom is -0.367 e. The highest BCUT2D eigenvalue weighted by Crippen LogP contribution is 2.37. The van der Waals surface area contributed by atoms with Crippen LogP contribution < -0.4 is 10.6 Å². The van der Waals surface area contributed by atoms with E-state index in [1.807, 2.05) is 39.8 Å². The molecule has 0 radical (unpaired) electrons. The number of imidazole rings is 1. The summed E-state index contributed by atoms with van der Waals surface area (Å²) in [6.07, 6.45) is 4.12. The third-order valence-electron chi connectivity index (χ3n) is 4.25. The van der Waals surface area contributed by atoms with Crippen molar-refractivity contribution in [3.05, 3.63) is 53.6 Å². The number of nitrogens with one attached hydrogen (secondary N) is 3. The minimum absolute atomic E-state index is 0.0950. The number of hydrogen-bond donors (Lipinski definition) is 3.